The normalized spacial score (nSPS) is 26.7. The first-order chi connectivity index (χ1) is 8.65. The first kappa shape index (κ1) is 12.8. The molecule has 0 amide bonds. The van der Waals surface area contributed by atoms with Gasteiger partial charge in [0.05, 0.1) is 0 Å². The van der Waals surface area contributed by atoms with Crippen LogP contribution in [0.2, 0.25) is 5.02 Å². The first-order valence-electron chi connectivity index (χ1n) is 5.90. The van der Waals surface area contributed by atoms with Crippen LogP contribution in [0.25, 0.3) is 0 Å². The summed E-state index contributed by atoms with van der Waals surface area (Å²) >= 11 is 6.05. The monoisotopic (exact) mass is 258 g/mol. The molecule has 1 aliphatic carbocycles. The Morgan fingerprint density at radius 2 is 2.17 bits per heavy atom. The molecule has 0 aromatic heterocycles. The Kier molecular flexibility index (Phi) is 3.83. The predicted molar refractivity (Wildman–Crippen MR) is 75.8 cm³/mol. The van der Waals surface area contributed by atoms with Crippen LogP contribution >= 0.6 is 11.6 Å². The molecule has 0 spiro atoms. The van der Waals surface area contributed by atoms with Crippen molar-refractivity contribution in [1.82, 2.24) is 0 Å². The summed E-state index contributed by atoms with van der Waals surface area (Å²) in [7, 11) is 0. The summed E-state index contributed by atoms with van der Waals surface area (Å²) in [5.41, 5.74) is 0.960. The van der Waals surface area contributed by atoms with Gasteiger partial charge >= 0.3 is 0 Å². The minimum absolute atomic E-state index is 0.192. The third-order valence-electron chi connectivity index (χ3n) is 3.28. The van der Waals surface area contributed by atoms with E-state index in [9.17, 15) is 4.79 Å². The minimum atomic E-state index is -0.194. The number of halogens is 1. The lowest BCUT2D eigenvalue weighted by molar-refractivity contribution is -0.104. The number of hydrogen-bond donors (Lipinski definition) is 0. The van der Waals surface area contributed by atoms with Crippen molar-refractivity contribution in [2.45, 2.75) is 12.8 Å². The largest absolute Gasteiger partial charge is 0.299 e. The molecule has 0 saturated carbocycles. The van der Waals surface area contributed by atoms with Gasteiger partial charge in [-0.25, -0.2) is 0 Å². The summed E-state index contributed by atoms with van der Waals surface area (Å²) in [4.78, 5) is 10.5. The highest BCUT2D eigenvalue weighted by Crippen LogP contribution is 2.42. The Morgan fingerprint density at radius 1 is 1.33 bits per heavy atom. The maximum absolute atomic E-state index is 10.5. The summed E-state index contributed by atoms with van der Waals surface area (Å²) in [6.45, 7) is 2.11. The molecule has 0 heterocycles. The Bertz CT molecular complexity index is 528. The molecule has 1 aromatic carbocycles. The summed E-state index contributed by atoms with van der Waals surface area (Å²) in [6.07, 6.45) is 12.6. The molecule has 0 saturated heterocycles. The van der Waals surface area contributed by atoms with Crippen molar-refractivity contribution >= 4 is 17.9 Å². The maximum Gasteiger partial charge on any atom is 0.142 e. The summed E-state index contributed by atoms with van der Waals surface area (Å²) < 4.78 is 0. The zero-order valence-electron chi connectivity index (χ0n) is 10.2. The minimum Gasteiger partial charge on any atom is -0.299 e. The number of carbonyl (C=O) groups is 1. The van der Waals surface area contributed by atoms with Gasteiger partial charge in [0, 0.05) is 16.4 Å². The van der Waals surface area contributed by atoms with Crippen molar-refractivity contribution < 1.29 is 4.79 Å². The van der Waals surface area contributed by atoms with Crippen LogP contribution in [0.4, 0.5) is 0 Å². The van der Waals surface area contributed by atoms with E-state index in [0.717, 1.165) is 16.9 Å². The van der Waals surface area contributed by atoms with Crippen LogP contribution < -0.4 is 0 Å². The van der Waals surface area contributed by atoms with E-state index in [-0.39, 0.29) is 11.3 Å². The lowest BCUT2D eigenvalue weighted by Gasteiger charge is -2.33. The second-order valence-electron chi connectivity index (χ2n) is 4.64. The summed E-state index contributed by atoms with van der Waals surface area (Å²) in [5.74, 6) is 0.192. The lowest BCUT2D eigenvalue weighted by atomic mass is 9.71. The highest BCUT2D eigenvalue weighted by molar-refractivity contribution is 6.30. The fraction of sp³-hybridized carbons (Fsp3) is 0.188. The van der Waals surface area contributed by atoms with E-state index in [1.807, 2.05) is 36.4 Å². The van der Waals surface area contributed by atoms with Gasteiger partial charge < -0.3 is 0 Å². The molecule has 0 radical (unpaired) electrons. The van der Waals surface area contributed by atoms with Gasteiger partial charge in [0.15, 0.2) is 0 Å². The average Bonchev–Trinajstić information content (AvgIpc) is 2.37. The van der Waals surface area contributed by atoms with Gasteiger partial charge in [-0.3, -0.25) is 4.79 Å². The standard InChI is InChI=1S/C16H15ClO/c1-16(10-5-11-18)9-3-2-8-15(16)13-6-4-7-14(17)12-13/h2-12,15H,1H3/b10-5+. The predicted octanol–water partition coefficient (Wildman–Crippen LogP) is 4.31. The molecule has 1 aliphatic rings. The van der Waals surface area contributed by atoms with Gasteiger partial charge in [0.25, 0.3) is 0 Å². The summed E-state index contributed by atoms with van der Waals surface area (Å²) in [6, 6.07) is 7.86. The third kappa shape index (κ3) is 2.62. The second kappa shape index (κ2) is 5.36. The highest BCUT2D eigenvalue weighted by Gasteiger charge is 2.30. The van der Waals surface area contributed by atoms with Crippen LogP contribution in [0, 0.1) is 5.41 Å². The van der Waals surface area contributed by atoms with Crippen molar-refractivity contribution in [2.24, 2.45) is 5.41 Å². The van der Waals surface area contributed by atoms with E-state index in [1.54, 1.807) is 6.08 Å². The number of carbonyl (C=O) groups excluding carboxylic acids is 1. The second-order valence-corrected chi connectivity index (χ2v) is 5.07. The van der Waals surface area contributed by atoms with Gasteiger partial charge in [-0.2, -0.15) is 0 Å². The Morgan fingerprint density at radius 3 is 2.89 bits per heavy atom. The zero-order chi connectivity index (χ0) is 13.0. The zero-order valence-corrected chi connectivity index (χ0v) is 11.0. The molecule has 0 bridgehead atoms. The van der Waals surface area contributed by atoms with E-state index in [2.05, 4.69) is 25.1 Å². The molecule has 0 fully saturated rings. The molecule has 18 heavy (non-hydrogen) atoms. The van der Waals surface area contributed by atoms with Crippen LogP contribution in [-0.2, 0) is 4.79 Å². The fourth-order valence-electron chi connectivity index (χ4n) is 2.33. The van der Waals surface area contributed by atoms with E-state index in [0.29, 0.717) is 0 Å². The molecule has 0 N–H and O–H groups in total. The van der Waals surface area contributed by atoms with Gasteiger partial charge in [-0.05, 0) is 23.8 Å². The van der Waals surface area contributed by atoms with E-state index < -0.39 is 0 Å². The third-order valence-corrected chi connectivity index (χ3v) is 3.52. The number of aldehydes is 1. The van der Waals surface area contributed by atoms with Crippen LogP contribution in [-0.4, -0.2) is 6.29 Å². The van der Waals surface area contributed by atoms with Crippen molar-refractivity contribution in [3.05, 3.63) is 71.3 Å². The van der Waals surface area contributed by atoms with Crippen molar-refractivity contribution in [2.75, 3.05) is 0 Å². The molecular weight excluding hydrogens is 244 g/mol. The number of rotatable bonds is 3. The van der Waals surface area contributed by atoms with E-state index in [4.69, 9.17) is 11.6 Å². The molecule has 2 atom stereocenters. The van der Waals surface area contributed by atoms with Crippen LogP contribution in [0.15, 0.2) is 60.7 Å². The van der Waals surface area contributed by atoms with Gasteiger partial charge in [0.1, 0.15) is 6.29 Å². The molecule has 2 rings (SSSR count). The molecule has 2 unspecified atom stereocenters. The lowest BCUT2D eigenvalue weighted by Crippen LogP contribution is -2.21. The number of allylic oxidation sites excluding steroid dienone is 6. The quantitative estimate of drug-likeness (QED) is 0.583. The average molecular weight is 259 g/mol. The van der Waals surface area contributed by atoms with Crippen molar-refractivity contribution in [3.63, 3.8) is 0 Å². The van der Waals surface area contributed by atoms with Gasteiger partial charge in [-0.1, -0.05) is 61.0 Å². The molecule has 92 valence electrons. The van der Waals surface area contributed by atoms with Crippen molar-refractivity contribution in [3.8, 4) is 0 Å². The number of hydrogen-bond acceptors (Lipinski definition) is 1. The summed E-state index contributed by atoms with van der Waals surface area (Å²) in [5, 5.41) is 0.733. The first-order valence-corrected chi connectivity index (χ1v) is 6.28. The molecule has 1 nitrogen and oxygen atoms in total. The molecule has 1 aromatic rings. The van der Waals surface area contributed by atoms with E-state index >= 15 is 0 Å². The maximum atomic E-state index is 10.5. The highest BCUT2D eigenvalue weighted by atomic mass is 35.5. The molecular formula is C16H15ClO. The van der Waals surface area contributed by atoms with E-state index in [1.165, 1.54) is 0 Å². The van der Waals surface area contributed by atoms with Gasteiger partial charge in [-0.15, -0.1) is 0 Å². The Labute approximate surface area is 112 Å². The van der Waals surface area contributed by atoms with Crippen molar-refractivity contribution in [1.29, 1.82) is 0 Å². The number of benzene rings is 1. The smallest absolute Gasteiger partial charge is 0.142 e. The fourth-order valence-corrected chi connectivity index (χ4v) is 2.52. The molecule has 2 heteroatoms. The molecule has 0 aliphatic heterocycles. The van der Waals surface area contributed by atoms with Gasteiger partial charge in [0.2, 0.25) is 0 Å². The Hall–Kier alpha value is -1.60. The van der Waals surface area contributed by atoms with Crippen LogP contribution in [0.3, 0.4) is 0 Å². The van der Waals surface area contributed by atoms with Crippen LogP contribution in [0.1, 0.15) is 18.4 Å². The topological polar surface area (TPSA) is 17.1 Å². The SMILES string of the molecule is CC1(/C=C/C=O)C=CC=CC1c1cccc(Cl)c1. The Balaban J connectivity index is 2.41. The van der Waals surface area contributed by atoms with Crippen LogP contribution in [0.5, 0.6) is 0 Å².